The van der Waals surface area contributed by atoms with Crippen molar-refractivity contribution in [2.75, 3.05) is 26.2 Å². The molecule has 1 unspecified atom stereocenters. The number of benzene rings is 1. The summed E-state index contributed by atoms with van der Waals surface area (Å²) in [5.41, 5.74) is 0.941. The van der Waals surface area contributed by atoms with Gasteiger partial charge in [-0.3, -0.25) is 9.59 Å². The highest BCUT2D eigenvalue weighted by Crippen LogP contribution is 2.16. The Bertz CT molecular complexity index is 458. The first-order valence-corrected chi connectivity index (χ1v) is 7.87. The number of amides is 2. The second kappa shape index (κ2) is 9.95. The third-order valence-electron chi connectivity index (χ3n) is 3.61. The number of hydrogen-bond acceptors (Lipinski definition) is 3. The molecule has 0 aliphatic rings. The van der Waals surface area contributed by atoms with Gasteiger partial charge >= 0.3 is 0 Å². The molecule has 5 heteroatoms. The van der Waals surface area contributed by atoms with Crippen LogP contribution in [0.4, 0.5) is 0 Å². The molecule has 0 aliphatic carbocycles. The minimum absolute atomic E-state index is 0.0465. The predicted octanol–water partition coefficient (Wildman–Crippen LogP) is 1.71. The molecular formula is C17H27N3O2. The van der Waals surface area contributed by atoms with E-state index in [1.54, 1.807) is 0 Å². The van der Waals surface area contributed by atoms with E-state index in [2.05, 4.69) is 29.4 Å². The molecule has 0 aromatic heterocycles. The van der Waals surface area contributed by atoms with Gasteiger partial charge in [-0.1, -0.05) is 44.2 Å². The van der Waals surface area contributed by atoms with Gasteiger partial charge in [0.15, 0.2) is 0 Å². The first kappa shape index (κ1) is 18.2. The maximum absolute atomic E-state index is 12.1. The van der Waals surface area contributed by atoms with Crippen LogP contribution in [0.3, 0.4) is 0 Å². The monoisotopic (exact) mass is 305 g/mol. The topological polar surface area (TPSA) is 61.4 Å². The number of carbonyl (C=O) groups is 2. The number of nitrogens with one attached hydrogen (secondary N) is 2. The SMILES string of the molecule is CCN(CC)CCNC(=O)CC(NC(C)=O)c1ccccc1. The van der Waals surface area contributed by atoms with E-state index >= 15 is 0 Å². The lowest BCUT2D eigenvalue weighted by Gasteiger charge is -2.20. The van der Waals surface area contributed by atoms with Gasteiger partial charge in [-0.15, -0.1) is 0 Å². The maximum Gasteiger partial charge on any atom is 0.222 e. The van der Waals surface area contributed by atoms with Crippen LogP contribution in [0, 0.1) is 0 Å². The molecule has 22 heavy (non-hydrogen) atoms. The Morgan fingerprint density at radius 2 is 1.77 bits per heavy atom. The van der Waals surface area contributed by atoms with E-state index in [4.69, 9.17) is 0 Å². The lowest BCUT2D eigenvalue weighted by atomic mass is 10.0. The molecule has 2 N–H and O–H groups in total. The molecule has 0 saturated heterocycles. The molecule has 2 amide bonds. The van der Waals surface area contributed by atoms with Gasteiger partial charge in [0.25, 0.3) is 0 Å². The highest BCUT2D eigenvalue weighted by molar-refractivity contribution is 5.79. The fourth-order valence-corrected chi connectivity index (χ4v) is 2.33. The second-order valence-corrected chi connectivity index (χ2v) is 5.24. The van der Waals surface area contributed by atoms with Crippen LogP contribution < -0.4 is 10.6 Å². The number of likely N-dealkylation sites (N-methyl/N-ethyl adjacent to an activating group) is 1. The van der Waals surface area contributed by atoms with E-state index < -0.39 is 0 Å². The fourth-order valence-electron chi connectivity index (χ4n) is 2.33. The summed E-state index contributed by atoms with van der Waals surface area (Å²) in [6, 6.07) is 9.28. The van der Waals surface area contributed by atoms with Crippen LogP contribution in [0.25, 0.3) is 0 Å². The molecule has 5 nitrogen and oxygen atoms in total. The quantitative estimate of drug-likeness (QED) is 0.730. The fraction of sp³-hybridized carbons (Fsp3) is 0.529. The molecule has 0 saturated carbocycles. The highest BCUT2D eigenvalue weighted by Gasteiger charge is 2.16. The number of hydrogen-bond donors (Lipinski definition) is 2. The normalized spacial score (nSPS) is 12.0. The Kier molecular flexibility index (Phi) is 8.22. The van der Waals surface area contributed by atoms with Crippen LogP contribution in [0.5, 0.6) is 0 Å². The Morgan fingerprint density at radius 1 is 1.14 bits per heavy atom. The summed E-state index contributed by atoms with van der Waals surface area (Å²) < 4.78 is 0. The van der Waals surface area contributed by atoms with Crippen molar-refractivity contribution in [2.24, 2.45) is 0 Å². The zero-order valence-electron chi connectivity index (χ0n) is 13.8. The third kappa shape index (κ3) is 6.72. The maximum atomic E-state index is 12.1. The second-order valence-electron chi connectivity index (χ2n) is 5.24. The minimum Gasteiger partial charge on any atom is -0.355 e. The van der Waals surface area contributed by atoms with Crippen LogP contribution in [0.1, 0.15) is 38.8 Å². The van der Waals surface area contributed by atoms with Gasteiger partial charge in [-0.2, -0.15) is 0 Å². The molecule has 0 fully saturated rings. The van der Waals surface area contributed by atoms with Gasteiger partial charge in [-0.25, -0.2) is 0 Å². The molecule has 1 rings (SSSR count). The van der Waals surface area contributed by atoms with E-state index in [1.807, 2.05) is 30.3 Å². The van der Waals surface area contributed by atoms with Crippen molar-refractivity contribution >= 4 is 11.8 Å². The molecule has 0 bridgehead atoms. The Balaban J connectivity index is 2.51. The smallest absolute Gasteiger partial charge is 0.222 e. The minimum atomic E-state index is -0.285. The first-order valence-electron chi connectivity index (χ1n) is 7.87. The number of carbonyl (C=O) groups excluding carboxylic acids is 2. The predicted molar refractivity (Wildman–Crippen MR) is 88.4 cm³/mol. The summed E-state index contributed by atoms with van der Waals surface area (Å²) in [6.07, 6.45) is 0.252. The van der Waals surface area contributed by atoms with Gasteiger partial charge < -0.3 is 15.5 Å². The highest BCUT2D eigenvalue weighted by atomic mass is 16.2. The average Bonchev–Trinajstić information content (AvgIpc) is 2.51. The molecule has 0 heterocycles. The summed E-state index contributed by atoms with van der Waals surface area (Å²) in [5.74, 6) is -0.181. The lowest BCUT2D eigenvalue weighted by molar-refractivity contribution is -0.122. The molecule has 0 radical (unpaired) electrons. The van der Waals surface area contributed by atoms with Gasteiger partial charge in [0, 0.05) is 20.0 Å². The third-order valence-corrected chi connectivity index (χ3v) is 3.61. The van der Waals surface area contributed by atoms with Crippen molar-refractivity contribution in [1.29, 1.82) is 0 Å². The molecule has 0 spiro atoms. The average molecular weight is 305 g/mol. The van der Waals surface area contributed by atoms with Crippen molar-refractivity contribution in [3.8, 4) is 0 Å². The zero-order chi connectivity index (χ0) is 16.4. The summed E-state index contributed by atoms with van der Waals surface area (Å²) in [4.78, 5) is 25.7. The van der Waals surface area contributed by atoms with E-state index in [9.17, 15) is 9.59 Å². The number of nitrogens with zero attached hydrogens (tertiary/aromatic N) is 1. The van der Waals surface area contributed by atoms with Gasteiger partial charge in [0.2, 0.25) is 11.8 Å². The summed E-state index contributed by atoms with van der Waals surface area (Å²) in [7, 11) is 0. The Morgan fingerprint density at radius 3 is 2.32 bits per heavy atom. The summed E-state index contributed by atoms with van der Waals surface area (Å²) >= 11 is 0. The molecule has 1 aromatic rings. The lowest BCUT2D eigenvalue weighted by Crippen LogP contribution is -2.37. The van der Waals surface area contributed by atoms with Crippen molar-refractivity contribution in [2.45, 2.75) is 33.2 Å². The van der Waals surface area contributed by atoms with Crippen molar-refractivity contribution in [3.63, 3.8) is 0 Å². The molecule has 0 aliphatic heterocycles. The van der Waals surface area contributed by atoms with E-state index in [-0.39, 0.29) is 24.3 Å². The largest absolute Gasteiger partial charge is 0.355 e. The van der Waals surface area contributed by atoms with Gasteiger partial charge in [0.05, 0.1) is 12.5 Å². The summed E-state index contributed by atoms with van der Waals surface area (Å²) in [6.45, 7) is 9.10. The van der Waals surface area contributed by atoms with Crippen LogP contribution in [0.15, 0.2) is 30.3 Å². The Labute approximate surface area is 133 Å². The Hall–Kier alpha value is -1.88. The van der Waals surface area contributed by atoms with E-state index in [0.29, 0.717) is 6.54 Å². The van der Waals surface area contributed by atoms with E-state index in [1.165, 1.54) is 6.92 Å². The van der Waals surface area contributed by atoms with Gasteiger partial charge in [0.1, 0.15) is 0 Å². The standard InChI is InChI=1S/C17H27N3O2/c1-4-20(5-2)12-11-18-17(22)13-16(19-14(3)21)15-9-7-6-8-10-15/h6-10,16H,4-5,11-13H2,1-3H3,(H,18,22)(H,19,21). The van der Waals surface area contributed by atoms with Crippen molar-refractivity contribution in [3.05, 3.63) is 35.9 Å². The first-order chi connectivity index (χ1) is 10.6. The van der Waals surface area contributed by atoms with Crippen LogP contribution >= 0.6 is 0 Å². The molecule has 1 aromatic carbocycles. The zero-order valence-corrected chi connectivity index (χ0v) is 13.8. The van der Waals surface area contributed by atoms with Crippen LogP contribution in [-0.2, 0) is 9.59 Å². The van der Waals surface area contributed by atoms with Gasteiger partial charge in [-0.05, 0) is 18.7 Å². The van der Waals surface area contributed by atoms with E-state index in [0.717, 1.165) is 25.2 Å². The van der Waals surface area contributed by atoms with Crippen LogP contribution in [0.2, 0.25) is 0 Å². The number of rotatable bonds is 9. The molecular weight excluding hydrogens is 278 g/mol. The summed E-state index contributed by atoms with van der Waals surface area (Å²) in [5, 5.41) is 5.76. The van der Waals surface area contributed by atoms with Crippen molar-refractivity contribution in [1.82, 2.24) is 15.5 Å². The van der Waals surface area contributed by atoms with Crippen molar-refractivity contribution < 1.29 is 9.59 Å². The molecule has 1 atom stereocenters. The molecule has 122 valence electrons. The van der Waals surface area contributed by atoms with Crippen LogP contribution in [-0.4, -0.2) is 42.9 Å².